The Kier molecular flexibility index (Phi) is 3.14. The first-order valence-electron chi connectivity index (χ1n) is 3.87. The molecule has 0 amide bonds. The zero-order chi connectivity index (χ0) is 9.84. The molecule has 3 nitrogen and oxygen atoms in total. The molecule has 0 aliphatic carbocycles. The van der Waals surface area contributed by atoms with Crippen LogP contribution in [0.5, 0.6) is 0 Å². The Hall–Kier alpha value is -1.22. The monoisotopic (exact) mass is 199 g/mol. The fourth-order valence-electron chi connectivity index (χ4n) is 0.911. The Bertz CT molecular complexity index is 330. The van der Waals surface area contributed by atoms with E-state index in [1.807, 2.05) is 0 Å². The predicted molar refractivity (Wildman–Crippen MR) is 51.9 cm³/mol. The summed E-state index contributed by atoms with van der Waals surface area (Å²) in [6.45, 7) is 5.62. The van der Waals surface area contributed by atoms with Gasteiger partial charge in [-0.25, -0.2) is 4.79 Å². The van der Waals surface area contributed by atoms with Crippen molar-refractivity contribution in [2.45, 2.75) is 6.92 Å². The Labute approximate surface area is 81.4 Å². The molecule has 70 valence electrons. The first-order valence-corrected chi connectivity index (χ1v) is 4.25. The molecule has 0 unspecified atom stereocenters. The Morgan fingerprint density at radius 2 is 2.54 bits per heavy atom. The van der Waals surface area contributed by atoms with Crippen molar-refractivity contribution in [1.29, 1.82) is 0 Å². The molecule has 0 saturated heterocycles. The van der Waals surface area contributed by atoms with Crippen LogP contribution in [0.15, 0.2) is 12.6 Å². The lowest BCUT2D eigenvalue weighted by molar-refractivity contribution is 0.0520. The van der Waals surface area contributed by atoms with E-state index in [4.69, 9.17) is 16.3 Å². The van der Waals surface area contributed by atoms with E-state index >= 15 is 0 Å². The number of nitrogens with one attached hydrogen (secondary N) is 1. The van der Waals surface area contributed by atoms with Crippen molar-refractivity contribution in [3.05, 3.63) is 29.1 Å². The number of H-pyrrole nitrogens is 1. The number of rotatable bonds is 3. The molecule has 1 aromatic heterocycles. The number of hydrogen-bond acceptors (Lipinski definition) is 2. The van der Waals surface area contributed by atoms with Crippen LogP contribution >= 0.6 is 11.6 Å². The van der Waals surface area contributed by atoms with E-state index in [0.29, 0.717) is 17.3 Å². The highest BCUT2D eigenvalue weighted by atomic mass is 35.5. The van der Waals surface area contributed by atoms with Crippen LogP contribution in [0.3, 0.4) is 0 Å². The lowest BCUT2D eigenvalue weighted by Crippen LogP contribution is -2.05. The molecule has 0 spiro atoms. The van der Waals surface area contributed by atoms with Crippen molar-refractivity contribution >= 4 is 23.6 Å². The molecular weight excluding hydrogens is 190 g/mol. The lowest BCUT2D eigenvalue weighted by atomic mass is 10.4. The van der Waals surface area contributed by atoms with Crippen LogP contribution in [-0.4, -0.2) is 17.6 Å². The number of carbonyl (C=O) groups excluding carboxylic acids is 1. The summed E-state index contributed by atoms with van der Waals surface area (Å²) in [6, 6.07) is 1.63. The minimum absolute atomic E-state index is 0.276. The third-order valence-corrected chi connectivity index (χ3v) is 1.79. The van der Waals surface area contributed by atoms with Gasteiger partial charge in [-0.3, -0.25) is 0 Å². The molecule has 1 aromatic rings. The molecule has 0 aliphatic rings. The predicted octanol–water partition coefficient (Wildman–Crippen LogP) is 2.49. The quantitative estimate of drug-likeness (QED) is 0.760. The van der Waals surface area contributed by atoms with Gasteiger partial charge in [-0.15, -0.1) is 0 Å². The zero-order valence-corrected chi connectivity index (χ0v) is 8.02. The maximum atomic E-state index is 11.2. The summed E-state index contributed by atoms with van der Waals surface area (Å²) in [7, 11) is 0. The number of hydrogen-bond donors (Lipinski definition) is 1. The summed E-state index contributed by atoms with van der Waals surface area (Å²) in [4.78, 5) is 14.0. The van der Waals surface area contributed by atoms with Gasteiger partial charge in [0.25, 0.3) is 0 Å². The molecule has 0 saturated carbocycles. The summed E-state index contributed by atoms with van der Waals surface area (Å²) >= 11 is 5.77. The van der Waals surface area contributed by atoms with Crippen molar-refractivity contribution in [1.82, 2.24) is 4.98 Å². The van der Waals surface area contributed by atoms with Crippen LogP contribution in [0, 0.1) is 0 Å². The van der Waals surface area contributed by atoms with E-state index in [0.717, 1.165) is 0 Å². The molecule has 1 N–H and O–H groups in total. The minimum atomic E-state index is -0.444. The SMILES string of the molecule is C=Cc1cc(Cl)c(C(=O)OCC)[nH]1. The van der Waals surface area contributed by atoms with E-state index in [-0.39, 0.29) is 5.69 Å². The first-order chi connectivity index (χ1) is 6.19. The largest absolute Gasteiger partial charge is 0.461 e. The van der Waals surface area contributed by atoms with Gasteiger partial charge in [-0.1, -0.05) is 18.2 Å². The topological polar surface area (TPSA) is 42.1 Å². The molecule has 4 heteroatoms. The van der Waals surface area contributed by atoms with Gasteiger partial charge in [0.15, 0.2) is 0 Å². The van der Waals surface area contributed by atoms with Crippen LogP contribution < -0.4 is 0 Å². The van der Waals surface area contributed by atoms with Crippen molar-refractivity contribution in [3.8, 4) is 0 Å². The number of halogens is 1. The van der Waals surface area contributed by atoms with Crippen LogP contribution in [0.25, 0.3) is 6.08 Å². The van der Waals surface area contributed by atoms with E-state index in [2.05, 4.69) is 11.6 Å². The molecule has 0 atom stereocenters. The maximum absolute atomic E-state index is 11.2. The Morgan fingerprint density at radius 1 is 1.85 bits per heavy atom. The van der Waals surface area contributed by atoms with Gasteiger partial charge in [0.1, 0.15) is 5.69 Å². The van der Waals surface area contributed by atoms with E-state index in [1.165, 1.54) is 0 Å². The molecule has 0 fully saturated rings. The highest BCUT2D eigenvalue weighted by Crippen LogP contribution is 2.18. The highest BCUT2D eigenvalue weighted by Gasteiger charge is 2.13. The summed E-state index contributed by atoms with van der Waals surface area (Å²) < 4.78 is 4.78. The van der Waals surface area contributed by atoms with Crippen LogP contribution in [0.2, 0.25) is 5.02 Å². The van der Waals surface area contributed by atoms with Crippen molar-refractivity contribution in [2.24, 2.45) is 0 Å². The molecule has 13 heavy (non-hydrogen) atoms. The highest BCUT2D eigenvalue weighted by molar-refractivity contribution is 6.33. The fourth-order valence-corrected chi connectivity index (χ4v) is 1.15. The standard InChI is InChI=1S/C9H10ClNO2/c1-3-6-5-7(10)8(11-6)9(12)13-4-2/h3,5,11H,1,4H2,2H3. The smallest absolute Gasteiger partial charge is 0.356 e. The number of aromatic amines is 1. The molecule has 1 heterocycles. The molecule has 1 rings (SSSR count). The fraction of sp³-hybridized carbons (Fsp3) is 0.222. The van der Waals surface area contributed by atoms with Gasteiger partial charge in [0.05, 0.1) is 11.6 Å². The molecule has 0 aromatic carbocycles. The van der Waals surface area contributed by atoms with Gasteiger partial charge >= 0.3 is 5.97 Å². The van der Waals surface area contributed by atoms with Crippen molar-refractivity contribution in [2.75, 3.05) is 6.61 Å². The summed E-state index contributed by atoms with van der Waals surface area (Å²) in [5, 5.41) is 0.355. The average molecular weight is 200 g/mol. The Morgan fingerprint density at radius 3 is 3.00 bits per heavy atom. The summed E-state index contributed by atoms with van der Waals surface area (Å²) in [5.74, 6) is -0.444. The summed E-state index contributed by atoms with van der Waals surface area (Å²) in [5.41, 5.74) is 0.978. The van der Waals surface area contributed by atoms with Crippen molar-refractivity contribution in [3.63, 3.8) is 0 Å². The lowest BCUT2D eigenvalue weighted by Gasteiger charge is -1.98. The maximum Gasteiger partial charge on any atom is 0.356 e. The van der Waals surface area contributed by atoms with Gasteiger partial charge < -0.3 is 9.72 Å². The van der Waals surface area contributed by atoms with Crippen LogP contribution in [0.1, 0.15) is 23.1 Å². The molecule has 0 radical (unpaired) electrons. The van der Waals surface area contributed by atoms with E-state index < -0.39 is 5.97 Å². The normalized spacial score (nSPS) is 9.69. The van der Waals surface area contributed by atoms with Gasteiger partial charge in [0, 0.05) is 5.69 Å². The number of aromatic nitrogens is 1. The molecule has 0 aliphatic heterocycles. The molecule has 0 bridgehead atoms. The van der Waals surface area contributed by atoms with E-state index in [9.17, 15) is 4.79 Å². The third kappa shape index (κ3) is 2.12. The second-order valence-electron chi connectivity index (χ2n) is 2.37. The summed E-state index contributed by atoms with van der Waals surface area (Å²) in [6.07, 6.45) is 1.58. The van der Waals surface area contributed by atoms with Gasteiger partial charge in [-0.2, -0.15) is 0 Å². The average Bonchev–Trinajstić information content (AvgIpc) is 2.47. The van der Waals surface area contributed by atoms with Gasteiger partial charge in [-0.05, 0) is 19.1 Å². The molecular formula is C9H10ClNO2. The van der Waals surface area contributed by atoms with E-state index in [1.54, 1.807) is 19.1 Å². The zero-order valence-electron chi connectivity index (χ0n) is 7.26. The van der Waals surface area contributed by atoms with Crippen LogP contribution in [-0.2, 0) is 4.74 Å². The number of ether oxygens (including phenoxy) is 1. The first kappa shape index (κ1) is 9.86. The second-order valence-corrected chi connectivity index (χ2v) is 2.78. The second kappa shape index (κ2) is 4.14. The van der Waals surface area contributed by atoms with Gasteiger partial charge in [0.2, 0.25) is 0 Å². The number of esters is 1. The van der Waals surface area contributed by atoms with Crippen LogP contribution in [0.4, 0.5) is 0 Å². The Balaban J connectivity index is 2.93. The third-order valence-electron chi connectivity index (χ3n) is 1.49. The van der Waals surface area contributed by atoms with Crippen molar-refractivity contribution < 1.29 is 9.53 Å². The minimum Gasteiger partial charge on any atom is -0.461 e. The number of carbonyl (C=O) groups is 1.